The van der Waals surface area contributed by atoms with Crippen molar-refractivity contribution in [2.75, 3.05) is 13.7 Å². The Morgan fingerprint density at radius 1 is 1.44 bits per heavy atom. The van der Waals surface area contributed by atoms with Gasteiger partial charge in [-0.15, -0.1) is 0 Å². The first kappa shape index (κ1) is 15.3. The summed E-state index contributed by atoms with van der Waals surface area (Å²) in [6.45, 7) is 6.26. The van der Waals surface area contributed by atoms with E-state index < -0.39 is 6.10 Å². The molecule has 0 radical (unpaired) electrons. The van der Waals surface area contributed by atoms with E-state index in [1.54, 1.807) is 7.11 Å². The van der Waals surface area contributed by atoms with Crippen LogP contribution in [0.15, 0.2) is 6.07 Å². The first-order chi connectivity index (χ1) is 8.42. The maximum atomic E-state index is 9.67. The predicted molar refractivity (Wildman–Crippen MR) is 75.6 cm³/mol. The molecule has 3 nitrogen and oxygen atoms in total. The van der Waals surface area contributed by atoms with Crippen molar-refractivity contribution in [1.82, 2.24) is 0 Å². The quantitative estimate of drug-likeness (QED) is 0.866. The third kappa shape index (κ3) is 3.16. The van der Waals surface area contributed by atoms with Crippen molar-refractivity contribution in [2.45, 2.75) is 39.2 Å². The molecule has 102 valence electrons. The van der Waals surface area contributed by atoms with Gasteiger partial charge >= 0.3 is 0 Å². The van der Waals surface area contributed by atoms with E-state index in [0.29, 0.717) is 6.42 Å². The van der Waals surface area contributed by atoms with Crippen molar-refractivity contribution in [3.05, 3.63) is 27.8 Å². The van der Waals surface area contributed by atoms with Gasteiger partial charge in [-0.3, -0.25) is 0 Å². The largest absolute Gasteiger partial charge is 0.496 e. The molecule has 0 aliphatic rings. The summed E-state index contributed by atoms with van der Waals surface area (Å²) in [6.07, 6.45) is 0.108. The zero-order valence-electron chi connectivity index (χ0n) is 11.5. The highest BCUT2D eigenvalue weighted by Crippen LogP contribution is 2.37. The molecule has 0 bridgehead atoms. The standard InChI is InChI=1S/C14H22ClNO2/c1-8(5-11(17)7-16)13-10(3)14(15)9(2)6-12(13)18-4/h6,8,11,17H,5,7,16H2,1-4H3. The second-order valence-corrected chi connectivity index (χ2v) is 5.15. The zero-order chi connectivity index (χ0) is 13.9. The average Bonchev–Trinajstić information content (AvgIpc) is 2.34. The number of ether oxygens (including phenoxy) is 1. The van der Waals surface area contributed by atoms with Crippen LogP contribution in [0.25, 0.3) is 0 Å². The van der Waals surface area contributed by atoms with Crippen LogP contribution in [0.4, 0.5) is 0 Å². The van der Waals surface area contributed by atoms with Gasteiger partial charge in [0.2, 0.25) is 0 Å². The van der Waals surface area contributed by atoms with Crippen molar-refractivity contribution in [3.63, 3.8) is 0 Å². The Labute approximate surface area is 114 Å². The fourth-order valence-electron chi connectivity index (χ4n) is 2.34. The second-order valence-electron chi connectivity index (χ2n) is 4.77. The van der Waals surface area contributed by atoms with Crippen LogP contribution in [0.3, 0.4) is 0 Å². The Hall–Kier alpha value is -0.770. The SMILES string of the molecule is COc1cc(C)c(Cl)c(C)c1C(C)CC(O)CN. The molecule has 2 atom stereocenters. The Kier molecular flexibility index (Phi) is 5.45. The number of nitrogens with two attached hydrogens (primary N) is 1. The van der Waals surface area contributed by atoms with Crippen molar-refractivity contribution in [2.24, 2.45) is 5.73 Å². The van der Waals surface area contributed by atoms with E-state index in [9.17, 15) is 5.11 Å². The molecule has 0 fully saturated rings. The summed E-state index contributed by atoms with van der Waals surface area (Å²) in [5, 5.41) is 10.4. The highest BCUT2D eigenvalue weighted by Gasteiger charge is 2.20. The Bertz CT molecular complexity index is 421. The summed E-state index contributed by atoms with van der Waals surface area (Å²) in [6, 6.07) is 1.94. The van der Waals surface area contributed by atoms with Crippen LogP contribution in [0.1, 0.15) is 36.0 Å². The van der Waals surface area contributed by atoms with Gasteiger partial charge in [0.25, 0.3) is 0 Å². The van der Waals surface area contributed by atoms with E-state index in [-0.39, 0.29) is 12.5 Å². The Balaban J connectivity index is 3.17. The average molecular weight is 272 g/mol. The third-order valence-electron chi connectivity index (χ3n) is 3.30. The molecule has 2 unspecified atom stereocenters. The number of methoxy groups -OCH3 is 1. The molecule has 0 amide bonds. The molecule has 0 aliphatic carbocycles. The van der Waals surface area contributed by atoms with Gasteiger partial charge in [-0.1, -0.05) is 18.5 Å². The lowest BCUT2D eigenvalue weighted by Crippen LogP contribution is -2.22. The fraction of sp³-hybridized carbons (Fsp3) is 0.571. The molecule has 4 heteroatoms. The second kappa shape index (κ2) is 6.41. The summed E-state index contributed by atoms with van der Waals surface area (Å²) in [5.74, 6) is 0.975. The molecule has 0 aromatic heterocycles. The van der Waals surface area contributed by atoms with Gasteiger partial charge in [-0.05, 0) is 43.4 Å². The minimum absolute atomic E-state index is 0.150. The molecule has 0 saturated heterocycles. The van der Waals surface area contributed by atoms with Crippen molar-refractivity contribution < 1.29 is 9.84 Å². The number of aliphatic hydroxyl groups excluding tert-OH is 1. The molecule has 1 rings (SSSR count). The van der Waals surface area contributed by atoms with Crippen LogP contribution in [0.5, 0.6) is 5.75 Å². The van der Waals surface area contributed by atoms with Crippen molar-refractivity contribution >= 4 is 11.6 Å². The molecule has 0 aliphatic heterocycles. The molecule has 0 heterocycles. The summed E-state index contributed by atoms with van der Waals surface area (Å²) < 4.78 is 5.43. The van der Waals surface area contributed by atoms with E-state index in [2.05, 4.69) is 6.92 Å². The monoisotopic (exact) mass is 271 g/mol. The minimum Gasteiger partial charge on any atom is -0.496 e. The topological polar surface area (TPSA) is 55.5 Å². The number of benzene rings is 1. The number of halogens is 1. The van der Waals surface area contributed by atoms with Gasteiger partial charge in [0, 0.05) is 17.1 Å². The van der Waals surface area contributed by atoms with E-state index in [0.717, 1.165) is 27.5 Å². The Morgan fingerprint density at radius 2 is 2.06 bits per heavy atom. The van der Waals surface area contributed by atoms with E-state index in [1.807, 2.05) is 19.9 Å². The molecular formula is C14H22ClNO2. The van der Waals surface area contributed by atoms with E-state index in [4.69, 9.17) is 22.1 Å². The van der Waals surface area contributed by atoms with Gasteiger partial charge in [0.05, 0.1) is 13.2 Å². The normalized spacial score (nSPS) is 14.4. The molecule has 0 saturated carbocycles. The lowest BCUT2D eigenvalue weighted by molar-refractivity contribution is 0.164. The molecule has 3 N–H and O–H groups in total. The van der Waals surface area contributed by atoms with Gasteiger partial charge in [0.1, 0.15) is 5.75 Å². The van der Waals surface area contributed by atoms with Gasteiger partial charge in [-0.25, -0.2) is 0 Å². The number of hydrogen-bond acceptors (Lipinski definition) is 3. The van der Waals surface area contributed by atoms with E-state index >= 15 is 0 Å². The van der Waals surface area contributed by atoms with Crippen LogP contribution in [-0.2, 0) is 0 Å². The van der Waals surface area contributed by atoms with Crippen molar-refractivity contribution in [1.29, 1.82) is 0 Å². The lowest BCUT2D eigenvalue weighted by Gasteiger charge is -2.22. The summed E-state index contributed by atoms with van der Waals surface area (Å²) in [5.41, 5.74) is 8.53. The Morgan fingerprint density at radius 3 is 2.56 bits per heavy atom. The number of aliphatic hydroxyl groups is 1. The summed E-state index contributed by atoms with van der Waals surface area (Å²) in [4.78, 5) is 0. The maximum absolute atomic E-state index is 9.67. The molecule has 18 heavy (non-hydrogen) atoms. The van der Waals surface area contributed by atoms with Crippen LogP contribution in [0, 0.1) is 13.8 Å². The van der Waals surface area contributed by atoms with Gasteiger partial charge in [0.15, 0.2) is 0 Å². The van der Waals surface area contributed by atoms with Crippen LogP contribution >= 0.6 is 11.6 Å². The predicted octanol–water partition coefficient (Wildman–Crippen LogP) is 2.78. The van der Waals surface area contributed by atoms with Crippen LogP contribution < -0.4 is 10.5 Å². The van der Waals surface area contributed by atoms with Crippen molar-refractivity contribution in [3.8, 4) is 5.75 Å². The highest BCUT2D eigenvalue weighted by atomic mass is 35.5. The number of aryl methyl sites for hydroxylation is 1. The molecule has 1 aromatic carbocycles. The van der Waals surface area contributed by atoms with Gasteiger partial charge < -0.3 is 15.6 Å². The third-order valence-corrected chi connectivity index (χ3v) is 3.88. The molecule has 1 aromatic rings. The maximum Gasteiger partial charge on any atom is 0.122 e. The summed E-state index contributed by atoms with van der Waals surface area (Å²) in [7, 11) is 1.65. The zero-order valence-corrected chi connectivity index (χ0v) is 12.2. The fourth-order valence-corrected chi connectivity index (χ4v) is 2.50. The van der Waals surface area contributed by atoms with Crippen LogP contribution in [0.2, 0.25) is 5.02 Å². The van der Waals surface area contributed by atoms with Gasteiger partial charge in [-0.2, -0.15) is 0 Å². The molecule has 0 spiro atoms. The van der Waals surface area contributed by atoms with E-state index in [1.165, 1.54) is 0 Å². The highest BCUT2D eigenvalue weighted by molar-refractivity contribution is 6.32. The molecular weight excluding hydrogens is 250 g/mol. The summed E-state index contributed by atoms with van der Waals surface area (Å²) >= 11 is 6.28. The lowest BCUT2D eigenvalue weighted by atomic mass is 9.89. The number of hydrogen-bond donors (Lipinski definition) is 2. The first-order valence-electron chi connectivity index (χ1n) is 6.14. The first-order valence-corrected chi connectivity index (χ1v) is 6.51. The minimum atomic E-state index is -0.496. The number of rotatable bonds is 5. The smallest absolute Gasteiger partial charge is 0.122 e. The van der Waals surface area contributed by atoms with Crippen LogP contribution in [-0.4, -0.2) is 24.9 Å².